The maximum Gasteiger partial charge on any atom is 0.305 e. The highest BCUT2D eigenvalue weighted by molar-refractivity contribution is 7.98. The molecule has 33 heavy (non-hydrogen) atoms. The minimum absolute atomic E-state index is 0.182. The van der Waals surface area contributed by atoms with Gasteiger partial charge >= 0.3 is 5.97 Å². The summed E-state index contributed by atoms with van der Waals surface area (Å²) in [6.45, 7) is 5.91. The monoisotopic (exact) mass is 481 g/mol. The molecule has 0 radical (unpaired) electrons. The number of nitrogens with two attached hydrogens (primary N) is 1. The van der Waals surface area contributed by atoms with Crippen molar-refractivity contribution in [3.63, 3.8) is 0 Å². The summed E-state index contributed by atoms with van der Waals surface area (Å²) in [6.07, 6.45) is 7.03. The zero-order valence-electron chi connectivity index (χ0n) is 19.7. The molecule has 1 unspecified atom stereocenters. The van der Waals surface area contributed by atoms with Gasteiger partial charge in [-0.3, -0.25) is 9.36 Å². The Morgan fingerprint density at radius 3 is 2.79 bits per heavy atom. The molecule has 1 aromatic heterocycles. The van der Waals surface area contributed by atoms with E-state index in [1.165, 1.54) is 0 Å². The predicted octanol–water partition coefficient (Wildman–Crippen LogP) is 1.72. The highest BCUT2D eigenvalue weighted by atomic mass is 32.2. The van der Waals surface area contributed by atoms with Gasteiger partial charge in [-0.05, 0) is 32.4 Å². The number of hydrogen-bond acceptors (Lipinski definition) is 10. The second-order valence-corrected chi connectivity index (χ2v) is 10.5. The molecule has 1 saturated heterocycles. The quantitative estimate of drug-likeness (QED) is 0.290. The number of hydrogen-bond donors (Lipinski definition) is 4. The minimum atomic E-state index is -1.45. The molecule has 2 aliphatic heterocycles. The zero-order valence-corrected chi connectivity index (χ0v) is 20.5. The molecule has 10 nitrogen and oxygen atoms in total. The van der Waals surface area contributed by atoms with E-state index < -0.39 is 34.6 Å². The summed E-state index contributed by atoms with van der Waals surface area (Å²) in [5.74, 6) is 0.988. The molecule has 1 aliphatic carbocycles. The second-order valence-electron chi connectivity index (χ2n) is 9.63. The van der Waals surface area contributed by atoms with Gasteiger partial charge in [-0.25, -0.2) is 9.98 Å². The largest absolute Gasteiger partial charge is 0.466 e. The van der Waals surface area contributed by atoms with E-state index in [4.69, 9.17) is 15.2 Å². The molecule has 184 valence electrons. The van der Waals surface area contributed by atoms with Crippen molar-refractivity contribution in [3.8, 4) is 0 Å². The summed E-state index contributed by atoms with van der Waals surface area (Å²) in [5.41, 5.74) is 2.66. The van der Waals surface area contributed by atoms with Crippen LogP contribution in [0.25, 0.3) is 0 Å². The molecule has 3 aliphatic rings. The number of anilines is 1. The summed E-state index contributed by atoms with van der Waals surface area (Å²) in [4.78, 5) is 20.5. The fourth-order valence-electron chi connectivity index (χ4n) is 5.50. The van der Waals surface area contributed by atoms with E-state index in [1.54, 1.807) is 35.9 Å². The number of rotatable bonds is 10. The highest BCUT2D eigenvalue weighted by Crippen LogP contribution is 2.75. The first-order valence-corrected chi connectivity index (χ1v) is 12.9. The molecule has 11 heteroatoms. The number of nitrogens with zero attached hydrogens (tertiary/aromatic N) is 3. The maximum atomic E-state index is 11.5. The van der Waals surface area contributed by atoms with Gasteiger partial charge in [0.25, 0.3) is 0 Å². The van der Waals surface area contributed by atoms with Crippen LogP contribution in [0, 0.1) is 5.41 Å². The minimum Gasteiger partial charge on any atom is -0.466 e. The Labute approximate surface area is 198 Å². The summed E-state index contributed by atoms with van der Waals surface area (Å²) < 4.78 is 12.9. The fourth-order valence-corrected chi connectivity index (χ4v) is 6.12. The van der Waals surface area contributed by atoms with E-state index >= 15 is 0 Å². The molecule has 5 N–H and O–H groups in total. The molecule has 0 amide bonds. The number of unbranched alkanes of at least 4 members (excludes halogenated alkanes) is 2. The van der Waals surface area contributed by atoms with Gasteiger partial charge in [-0.2, -0.15) is 11.8 Å². The van der Waals surface area contributed by atoms with Crippen LogP contribution in [0.2, 0.25) is 0 Å². The van der Waals surface area contributed by atoms with Crippen molar-refractivity contribution in [2.24, 2.45) is 16.1 Å². The third kappa shape index (κ3) is 3.43. The lowest BCUT2D eigenvalue weighted by atomic mass is 9.98. The molecular weight excluding hydrogens is 446 g/mol. The summed E-state index contributed by atoms with van der Waals surface area (Å²) in [5, 5.41) is 26.0. The van der Waals surface area contributed by atoms with Crippen molar-refractivity contribution in [2.45, 2.75) is 82.1 Å². The van der Waals surface area contributed by atoms with E-state index in [0.29, 0.717) is 36.7 Å². The Morgan fingerprint density at radius 2 is 2.09 bits per heavy atom. The van der Waals surface area contributed by atoms with Crippen molar-refractivity contribution >= 4 is 29.9 Å². The topological polar surface area (TPSA) is 144 Å². The van der Waals surface area contributed by atoms with Crippen LogP contribution in [0.4, 0.5) is 5.82 Å². The van der Waals surface area contributed by atoms with Gasteiger partial charge in [0.15, 0.2) is 11.9 Å². The van der Waals surface area contributed by atoms with Crippen LogP contribution < -0.4 is 11.1 Å². The Balaban J connectivity index is 1.49. The Hall–Kier alpha value is -1.66. The van der Waals surface area contributed by atoms with Gasteiger partial charge < -0.3 is 30.7 Å². The van der Waals surface area contributed by atoms with Crippen molar-refractivity contribution < 1.29 is 24.5 Å². The van der Waals surface area contributed by atoms with Gasteiger partial charge in [0.2, 0.25) is 0 Å². The van der Waals surface area contributed by atoms with Crippen LogP contribution in [-0.4, -0.2) is 68.0 Å². The van der Waals surface area contributed by atoms with Crippen LogP contribution in [0.1, 0.15) is 64.8 Å². The van der Waals surface area contributed by atoms with Gasteiger partial charge in [-0.15, -0.1) is 0 Å². The first-order chi connectivity index (χ1) is 15.6. The molecule has 0 aromatic carbocycles. The number of aliphatic imine (C=N–C) groups is 1. The SMILES string of the molecule is CCOC(=O)CCCCCC1(N)N=CNc2c1ncn2[C@@H]1O[C@H](CSC)[C@@]2(O)C(C)(C)[C@@]12O. The summed E-state index contributed by atoms with van der Waals surface area (Å²) in [7, 11) is 0. The average molecular weight is 482 g/mol. The number of carbonyl (C=O) groups excluding carboxylic acids is 1. The fraction of sp³-hybridized carbons (Fsp3) is 0.773. The third-order valence-electron chi connectivity index (χ3n) is 7.56. The molecule has 0 spiro atoms. The van der Waals surface area contributed by atoms with E-state index in [0.717, 1.165) is 19.3 Å². The van der Waals surface area contributed by atoms with Crippen molar-refractivity contribution in [1.29, 1.82) is 0 Å². The first-order valence-electron chi connectivity index (χ1n) is 11.5. The van der Waals surface area contributed by atoms with E-state index in [2.05, 4.69) is 15.3 Å². The van der Waals surface area contributed by atoms with E-state index in [-0.39, 0.29) is 5.97 Å². The molecule has 1 aromatic rings. The Bertz CT molecular complexity index is 938. The van der Waals surface area contributed by atoms with Crippen LogP contribution in [-0.2, 0) is 19.9 Å². The van der Waals surface area contributed by atoms with E-state index in [9.17, 15) is 15.0 Å². The van der Waals surface area contributed by atoms with Crippen LogP contribution in [0.15, 0.2) is 11.3 Å². The molecule has 1 saturated carbocycles. The molecule has 4 rings (SSSR count). The second kappa shape index (κ2) is 8.53. The van der Waals surface area contributed by atoms with Crippen molar-refractivity contribution in [2.75, 3.05) is 23.9 Å². The molecule has 5 atom stereocenters. The van der Waals surface area contributed by atoms with Gasteiger partial charge in [0, 0.05) is 17.6 Å². The lowest BCUT2D eigenvalue weighted by Crippen LogP contribution is -2.39. The smallest absolute Gasteiger partial charge is 0.305 e. The molecule has 0 bridgehead atoms. The van der Waals surface area contributed by atoms with Crippen LogP contribution >= 0.6 is 11.8 Å². The number of ether oxygens (including phenoxy) is 2. The zero-order chi connectivity index (χ0) is 24.1. The van der Waals surface area contributed by atoms with Crippen LogP contribution in [0.5, 0.6) is 0 Å². The first kappa shape index (κ1) is 24.5. The van der Waals surface area contributed by atoms with Gasteiger partial charge in [0.1, 0.15) is 28.8 Å². The molecule has 3 heterocycles. The number of imidazole rings is 1. The molecule has 2 fully saturated rings. The van der Waals surface area contributed by atoms with Gasteiger partial charge in [0.05, 0.1) is 19.3 Å². The number of esters is 1. The van der Waals surface area contributed by atoms with E-state index in [1.807, 2.05) is 20.1 Å². The standard InChI is InChI=1S/C22H35N5O5S/c1-5-31-15(28)9-7-6-8-10-20(23)16-17(24-12-26-20)27(13-25-16)18-22(30)19(2,3)21(22,29)14(32-18)11-33-4/h12-14,18,29-30H,5-11,23H2,1-4H3,(H,24,26)/t14-,18-,20?,21-,22+/m1/s1. The lowest BCUT2D eigenvalue weighted by Gasteiger charge is -2.31. The summed E-state index contributed by atoms with van der Waals surface area (Å²) >= 11 is 1.57. The average Bonchev–Trinajstić information content (AvgIpc) is 3.11. The summed E-state index contributed by atoms with van der Waals surface area (Å²) in [6, 6.07) is 0. The third-order valence-corrected chi connectivity index (χ3v) is 8.19. The molecular formula is C22H35N5O5S. The number of carbonyl (C=O) groups is 1. The van der Waals surface area contributed by atoms with Crippen LogP contribution in [0.3, 0.4) is 0 Å². The maximum absolute atomic E-state index is 11.5. The number of nitrogens with one attached hydrogen (secondary N) is 1. The predicted molar refractivity (Wildman–Crippen MR) is 126 cm³/mol. The lowest BCUT2D eigenvalue weighted by molar-refractivity contribution is -0.143. The number of fused-ring (bicyclic) bond motifs is 2. The van der Waals surface area contributed by atoms with Gasteiger partial charge in [-0.1, -0.05) is 20.3 Å². The Kier molecular flexibility index (Phi) is 6.32. The van der Waals surface area contributed by atoms with Crippen molar-refractivity contribution in [3.05, 3.63) is 12.0 Å². The number of aromatic nitrogens is 2. The number of aliphatic hydroxyl groups is 2. The normalized spacial score (nSPS) is 35.6. The Morgan fingerprint density at radius 1 is 1.33 bits per heavy atom. The number of thioether (sulfide) groups is 1. The highest BCUT2D eigenvalue weighted by Gasteiger charge is 2.92. The van der Waals surface area contributed by atoms with Crippen molar-refractivity contribution in [1.82, 2.24) is 9.55 Å².